The van der Waals surface area contributed by atoms with Gasteiger partial charge in [-0.1, -0.05) is 18.2 Å². The molecule has 130 valence electrons. The van der Waals surface area contributed by atoms with Gasteiger partial charge in [-0.25, -0.2) is 4.98 Å². The summed E-state index contributed by atoms with van der Waals surface area (Å²) in [6.07, 6.45) is 0. The average molecular weight is 348 g/mol. The number of nitrogens with zero attached hydrogens (tertiary/aromatic N) is 3. The fraction of sp³-hybridized carbons (Fsp3) is 0.211. The number of nitriles is 1. The van der Waals surface area contributed by atoms with Gasteiger partial charge in [-0.2, -0.15) is 5.26 Å². The van der Waals surface area contributed by atoms with E-state index in [1.165, 1.54) is 0 Å². The number of ether oxygens (including phenoxy) is 2. The van der Waals surface area contributed by atoms with Crippen LogP contribution in [0.1, 0.15) is 11.6 Å². The highest BCUT2D eigenvalue weighted by molar-refractivity contribution is 5.97. The molecule has 2 heterocycles. The molecule has 2 aromatic carbocycles. The first kappa shape index (κ1) is 16.0. The Bertz CT molecular complexity index is 1050. The molecule has 4 rings (SSSR count). The molecule has 0 spiro atoms. The van der Waals surface area contributed by atoms with Crippen molar-refractivity contribution in [2.24, 2.45) is 5.92 Å². The SMILES string of the molecule is COc1ccc([C@H]2[C@H](C#N)C(=O)Nc3nc4ccccc4n32)cc1OC. The van der Waals surface area contributed by atoms with Crippen LogP contribution in [0.3, 0.4) is 0 Å². The highest BCUT2D eigenvalue weighted by Crippen LogP contribution is 2.40. The molecule has 1 aromatic heterocycles. The topological polar surface area (TPSA) is 89.2 Å². The molecular formula is C19H16N4O3. The zero-order chi connectivity index (χ0) is 18.3. The smallest absolute Gasteiger partial charge is 0.246 e. The minimum Gasteiger partial charge on any atom is -0.493 e. The predicted molar refractivity (Wildman–Crippen MR) is 95.2 cm³/mol. The zero-order valence-electron chi connectivity index (χ0n) is 14.3. The van der Waals surface area contributed by atoms with Crippen molar-refractivity contribution in [2.75, 3.05) is 19.5 Å². The summed E-state index contributed by atoms with van der Waals surface area (Å²) in [4.78, 5) is 17.0. The number of nitrogens with one attached hydrogen (secondary N) is 1. The fourth-order valence-corrected chi connectivity index (χ4v) is 3.40. The van der Waals surface area contributed by atoms with E-state index in [2.05, 4.69) is 16.4 Å². The van der Waals surface area contributed by atoms with Crippen LogP contribution in [-0.2, 0) is 4.79 Å². The molecule has 0 radical (unpaired) electrons. The van der Waals surface area contributed by atoms with E-state index in [0.29, 0.717) is 17.4 Å². The lowest BCUT2D eigenvalue weighted by molar-refractivity contribution is -0.119. The summed E-state index contributed by atoms with van der Waals surface area (Å²) in [5.41, 5.74) is 2.38. The number of imidazole rings is 1. The Morgan fingerprint density at radius 1 is 1.15 bits per heavy atom. The largest absolute Gasteiger partial charge is 0.493 e. The summed E-state index contributed by atoms with van der Waals surface area (Å²) >= 11 is 0. The van der Waals surface area contributed by atoms with Crippen molar-refractivity contribution < 1.29 is 14.3 Å². The Morgan fingerprint density at radius 3 is 2.65 bits per heavy atom. The van der Waals surface area contributed by atoms with Crippen LogP contribution in [0.4, 0.5) is 5.95 Å². The van der Waals surface area contributed by atoms with E-state index in [9.17, 15) is 10.1 Å². The van der Waals surface area contributed by atoms with Gasteiger partial charge in [0.15, 0.2) is 17.4 Å². The first-order valence-electron chi connectivity index (χ1n) is 8.07. The second-order valence-electron chi connectivity index (χ2n) is 5.95. The number of rotatable bonds is 3. The van der Waals surface area contributed by atoms with E-state index >= 15 is 0 Å². The molecule has 0 saturated heterocycles. The number of hydrogen-bond donors (Lipinski definition) is 1. The van der Waals surface area contributed by atoms with Crippen molar-refractivity contribution in [3.63, 3.8) is 0 Å². The lowest BCUT2D eigenvalue weighted by atomic mass is 9.91. The molecular weight excluding hydrogens is 332 g/mol. The third-order valence-electron chi connectivity index (χ3n) is 4.60. The Kier molecular flexibility index (Phi) is 3.73. The number of amides is 1. The van der Waals surface area contributed by atoms with Gasteiger partial charge in [0, 0.05) is 0 Å². The minimum absolute atomic E-state index is 0.366. The second-order valence-corrected chi connectivity index (χ2v) is 5.95. The maximum absolute atomic E-state index is 12.5. The number of fused-ring (bicyclic) bond motifs is 3. The average Bonchev–Trinajstić information content (AvgIpc) is 3.04. The molecule has 0 fully saturated rings. The van der Waals surface area contributed by atoms with Gasteiger partial charge in [-0.3, -0.25) is 10.1 Å². The van der Waals surface area contributed by atoms with Crippen molar-refractivity contribution in [1.29, 1.82) is 5.26 Å². The molecule has 1 amide bonds. The first-order valence-corrected chi connectivity index (χ1v) is 8.07. The number of carbonyl (C=O) groups is 1. The Hall–Kier alpha value is -3.53. The summed E-state index contributed by atoms with van der Waals surface area (Å²) in [6.45, 7) is 0. The molecule has 1 aliphatic heterocycles. The molecule has 1 N–H and O–H groups in total. The molecule has 0 unspecified atom stereocenters. The van der Waals surface area contributed by atoms with Crippen LogP contribution in [0.2, 0.25) is 0 Å². The van der Waals surface area contributed by atoms with Crippen LogP contribution in [-0.4, -0.2) is 29.7 Å². The minimum atomic E-state index is -0.891. The van der Waals surface area contributed by atoms with Gasteiger partial charge >= 0.3 is 0 Å². The Morgan fingerprint density at radius 2 is 1.92 bits per heavy atom. The third kappa shape index (κ3) is 2.27. The Balaban J connectivity index is 1.97. The fourth-order valence-electron chi connectivity index (χ4n) is 3.40. The molecule has 26 heavy (non-hydrogen) atoms. The van der Waals surface area contributed by atoms with Crippen LogP contribution in [0, 0.1) is 17.2 Å². The van der Waals surface area contributed by atoms with Crippen molar-refractivity contribution in [3.8, 4) is 17.6 Å². The van der Waals surface area contributed by atoms with Crippen molar-refractivity contribution in [1.82, 2.24) is 9.55 Å². The van der Waals surface area contributed by atoms with E-state index in [1.54, 1.807) is 26.4 Å². The number of methoxy groups -OCH3 is 2. The first-order chi connectivity index (χ1) is 12.7. The summed E-state index contributed by atoms with van der Waals surface area (Å²) < 4.78 is 12.6. The van der Waals surface area contributed by atoms with Gasteiger partial charge in [-0.15, -0.1) is 0 Å². The molecule has 0 saturated carbocycles. The molecule has 0 aliphatic carbocycles. The maximum atomic E-state index is 12.5. The number of aromatic nitrogens is 2. The third-order valence-corrected chi connectivity index (χ3v) is 4.60. The summed E-state index contributed by atoms with van der Waals surface area (Å²) in [7, 11) is 3.11. The highest BCUT2D eigenvalue weighted by Gasteiger charge is 2.39. The van der Waals surface area contributed by atoms with Crippen molar-refractivity contribution in [2.45, 2.75) is 6.04 Å². The van der Waals surface area contributed by atoms with Gasteiger partial charge < -0.3 is 14.0 Å². The molecule has 7 nitrogen and oxygen atoms in total. The summed E-state index contributed by atoms with van der Waals surface area (Å²) in [6, 6.07) is 14.6. The quantitative estimate of drug-likeness (QED) is 0.786. The monoisotopic (exact) mass is 348 g/mol. The van der Waals surface area contributed by atoms with Crippen molar-refractivity contribution in [3.05, 3.63) is 48.0 Å². The zero-order valence-corrected chi connectivity index (χ0v) is 14.3. The van der Waals surface area contributed by atoms with Gasteiger partial charge in [0.25, 0.3) is 0 Å². The molecule has 3 aromatic rings. The second kappa shape index (κ2) is 6.08. The van der Waals surface area contributed by atoms with E-state index < -0.39 is 12.0 Å². The summed E-state index contributed by atoms with van der Waals surface area (Å²) in [5.74, 6) is 0.301. The van der Waals surface area contributed by atoms with Gasteiger partial charge in [0.2, 0.25) is 11.9 Å². The molecule has 2 atom stereocenters. The van der Waals surface area contributed by atoms with Crippen LogP contribution in [0.5, 0.6) is 11.5 Å². The van der Waals surface area contributed by atoms with E-state index in [1.807, 2.05) is 34.9 Å². The Labute approximate surface area is 149 Å². The molecule has 7 heteroatoms. The van der Waals surface area contributed by atoms with Crippen LogP contribution in [0.15, 0.2) is 42.5 Å². The van der Waals surface area contributed by atoms with Gasteiger partial charge in [0.1, 0.15) is 0 Å². The summed E-state index contributed by atoms with van der Waals surface area (Å²) in [5, 5.41) is 12.4. The number of carbonyl (C=O) groups excluding carboxylic acids is 1. The molecule has 0 bridgehead atoms. The molecule has 1 aliphatic rings. The predicted octanol–water partition coefficient (Wildman–Crippen LogP) is 2.73. The number of benzene rings is 2. The van der Waals surface area contributed by atoms with E-state index in [-0.39, 0.29) is 5.91 Å². The number of anilines is 1. The van der Waals surface area contributed by atoms with E-state index in [0.717, 1.165) is 16.6 Å². The maximum Gasteiger partial charge on any atom is 0.246 e. The van der Waals surface area contributed by atoms with Gasteiger partial charge in [-0.05, 0) is 29.8 Å². The lowest BCUT2D eigenvalue weighted by Crippen LogP contribution is -2.37. The highest BCUT2D eigenvalue weighted by atomic mass is 16.5. The van der Waals surface area contributed by atoms with Crippen LogP contribution < -0.4 is 14.8 Å². The number of para-hydroxylation sites is 2. The van der Waals surface area contributed by atoms with Gasteiger partial charge in [0.05, 0.1) is 37.4 Å². The standard InChI is InChI=1S/C19H16N4O3/c1-25-15-8-7-11(9-16(15)26-2)17-12(10-20)18(24)22-19-21-13-5-3-4-6-14(13)23(17)19/h3-9,12,17H,1-2H3,(H,21,22,24)/t12-,17-/m0/s1. The lowest BCUT2D eigenvalue weighted by Gasteiger charge is -2.30. The van der Waals surface area contributed by atoms with Crippen LogP contribution >= 0.6 is 0 Å². The normalized spacial score (nSPS) is 18.7. The number of hydrogen-bond acceptors (Lipinski definition) is 5. The van der Waals surface area contributed by atoms with E-state index in [4.69, 9.17) is 9.47 Å². The van der Waals surface area contributed by atoms with Crippen molar-refractivity contribution >= 4 is 22.9 Å². The van der Waals surface area contributed by atoms with Crippen LogP contribution in [0.25, 0.3) is 11.0 Å².